The quantitative estimate of drug-likeness (QED) is 0.400. The standard InChI is InChI=1S/C28H34N4O4/c1-19-25(29-27(34)20-9-6-11-22(15-20)32(4)5)13-8-14-26(19)30-28(35)21-10-7-12-24(16-21)36-18-23(33)17-31(2)3/h6-16,23,33H,17-18H2,1-5H3,(H,29,34)(H,30,35). The molecule has 0 aliphatic rings. The first-order valence-electron chi connectivity index (χ1n) is 11.7. The first kappa shape index (κ1) is 26.7. The van der Waals surface area contributed by atoms with Crippen LogP contribution in [0.15, 0.2) is 66.7 Å². The van der Waals surface area contributed by atoms with Crippen LogP contribution in [0.25, 0.3) is 0 Å². The Morgan fingerprint density at radius 2 is 1.42 bits per heavy atom. The largest absolute Gasteiger partial charge is 0.491 e. The van der Waals surface area contributed by atoms with E-state index in [0.717, 1.165) is 11.3 Å². The summed E-state index contributed by atoms with van der Waals surface area (Å²) in [7, 11) is 7.59. The molecule has 2 amide bonds. The van der Waals surface area contributed by atoms with Crippen LogP contribution in [0.2, 0.25) is 0 Å². The molecule has 0 aliphatic heterocycles. The van der Waals surface area contributed by atoms with E-state index in [1.807, 2.05) is 63.1 Å². The molecule has 0 saturated carbocycles. The summed E-state index contributed by atoms with van der Waals surface area (Å²) in [5.74, 6) is -0.0377. The maximum atomic E-state index is 12.9. The summed E-state index contributed by atoms with van der Waals surface area (Å²) >= 11 is 0. The molecular formula is C28H34N4O4. The molecule has 3 aromatic rings. The first-order valence-corrected chi connectivity index (χ1v) is 11.7. The van der Waals surface area contributed by atoms with Crippen molar-refractivity contribution in [3.8, 4) is 5.75 Å². The third-order valence-electron chi connectivity index (χ3n) is 5.57. The molecule has 0 bridgehead atoms. The molecule has 3 aromatic carbocycles. The van der Waals surface area contributed by atoms with Gasteiger partial charge in [-0.15, -0.1) is 0 Å². The van der Waals surface area contributed by atoms with E-state index in [1.54, 1.807) is 48.5 Å². The molecule has 8 nitrogen and oxygen atoms in total. The number of amides is 2. The molecule has 0 aromatic heterocycles. The van der Waals surface area contributed by atoms with Gasteiger partial charge >= 0.3 is 0 Å². The lowest BCUT2D eigenvalue weighted by Gasteiger charge is -2.17. The Balaban J connectivity index is 1.68. The average molecular weight is 491 g/mol. The molecule has 0 heterocycles. The fourth-order valence-corrected chi connectivity index (χ4v) is 3.61. The van der Waals surface area contributed by atoms with Crippen molar-refractivity contribution in [3.63, 3.8) is 0 Å². The van der Waals surface area contributed by atoms with E-state index < -0.39 is 6.10 Å². The fourth-order valence-electron chi connectivity index (χ4n) is 3.61. The Morgan fingerprint density at radius 3 is 2.00 bits per heavy atom. The van der Waals surface area contributed by atoms with Crippen molar-refractivity contribution < 1.29 is 19.4 Å². The molecule has 0 fully saturated rings. The van der Waals surface area contributed by atoms with E-state index in [9.17, 15) is 14.7 Å². The van der Waals surface area contributed by atoms with Gasteiger partial charge in [0.1, 0.15) is 18.5 Å². The molecule has 3 rings (SSSR count). The van der Waals surface area contributed by atoms with Gasteiger partial charge in [-0.3, -0.25) is 9.59 Å². The van der Waals surface area contributed by atoms with Crippen LogP contribution in [0.4, 0.5) is 17.1 Å². The Labute approximate surface area is 212 Å². The van der Waals surface area contributed by atoms with Crippen LogP contribution in [0, 0.1) is 6.92 Å². The summed E-state index contributed by atoms with van der Waals surface area (Å²) in [6.45, 7) is 2.45. The zero-order valence-electron chi connectivity index (χ0n) is 21.4. The van der Waals surface area contributed by atoms with Gasteiger partial charge < -0.3 is 30.3 Å². The second-order valence-electron chi connectivity index (χ2n) is 9.09. The normalized spacial score (nSPS) is 11.6. The molecule has 3 N–H and O–H groups in total. The van der Waals surface area contributed by atoms with Crippen LogP contribution < -0.4 is 20.3 Å². The Kier molecular flexibility index (Phi) is 9.05. The third kappa shape index (κ3) is 7.31. The highest BCUT2D eigenvalue weighted by atomic mass is 16.5. The van der Waals surface area contributed by atoms with E-state index in [-0.39, 0.29) is 18.4 Å². The van der Waals surface area contributed by atoms with Crippen LogP contribution in [-0.4, -0.2) is 69.3 Å². The highest BCUT2D eigenvalue weighted by molar-refractivity contribution is 6.07. The minimum absolute atomic E-state index is 0.127. The summed E-state index contributed by atoms with van der Waals surface area (Å²) in [6, 6.07) is 19.5. The van der Waals surface area contributed by atoms with Crippen LogP contribution in [0.5, 0.6) is 5.75 Å². The molecule has 1 unspecified atom stereocenters. The van der Waals surface area contributed by atoms with Gasteiger partial charge in [0.2, 0.25) is 0 Å². The number of carbonyl (C=O) groups excluding carboxylic acids is 2. The Hall–Kier alpha value is -3.88. The molecule has 0 saturated heterocycles. The smallest absolute Gasteiger partial charge is 0.255 e. The van der Waals surface area contributed by atoms with Crippen molar-refractivity contribution >= 4 is 28.9 Å². The van der Waals surface area contributed by atoms with E-state index in [4.69, 9.17) is 4.74 Å². The SMILES string of the molecule is Cc1c(NC(=O)c2cccc(OCC(O)CN(C)C)c2)cccc1NC(=O)c1cccc(N(C)C)c1. The number of carbonyl (C=O) groups is 2. The van der Waals surface area contributed by atoms with E-state index in [0.29, 0.717) is 34.8 Å². The van der Waals surface area contributed by atoms with Gasteiger partial charge in [-0.25, -0.2) is 0 Å². The monoisotopic (exact) mass is 490 g/mol. The van der Waals surface area contributed by atoms with Crippen molar-refractivity contribution in [2.24, 2.45) is 0 Å². The number of hydrogen-bond acceptors (Lipinski definition) is 6. The Bertz CT molecular complexity index is 1210. The predicted octanol–water partition coefficient (Wildman–Crippen LogP) is 3.87. The molecule has 0 spiro atoms. The minimum Gasteiger partial charge on any atom is -0.491 e. The van der Waals surface area contributed by atoms with Crippen LogP contribution in [0.1, 0.15) is 26.3 Å². The van der Waals surface area contributed by atoms with Crippen LogP contribution >= 0.6 is 0 Å². The molecular weight excluding hydrogens is 456 g/mol. The summed E-state index contributed by atoms with van der Waals surface area (Å²) in [4.78, 5) is 29.6. The average Bonchev–Trinajstić information content (AvgIpc) is 2.85. The number of hydrogen-bond donors (Lipinski definition) is 3. The van der Waals surface area contributed by atoms with E-state index in [1.165, 1.54) is 0 Å². The molecule has 0 aliphatic carbocycles. The van der Waals surface area contributed by atoms with Gasteiger partial charge in [-0.05, 0) is 75.1 Å². The number of aliphatic hydroxyl groups excluding tert-OH is 1. The predicted molar refractivity (Wildman–Crippen MR) is 144 cm³/mol. The van der Waals surface area contributed by atoms with Gasteiger partial charge in [0.05, 0.1) is 0 Å². The van der Waals surface area contributed by atoms with Gasteiger partial charge in [0, 0.05) is 48.8 Å². The number of rotatable bonds is 10. The molecule has 8 heteroatoms. The summed E-state index contributed by atoms with van der Waals surface area (Å²) in [6.07, 6.45) is -0.636. The second-order valence-corrected chi connectivity index (χ2v) is 9.09. The van der Waals surface area contributed by atoms with Crippen LogP contribution in [-0.2, 0) is 0 Å². The molecule has 36 heavy (non-hydrogen) atoms. The van der Waals surface area contributed by atoms with E-state index >= 15 is 0 Å². The fraction of sp³-hybridized carbons (Fsp3) is 0.286. The van der Waals surface area contributed by atoms with Crippen molar-refractivity contribution in [1.29, 1.82) is 0 Å². The lowest BCUT2D eigenvalue weighted by Crippen LogP contribution is -2.30. The van der Waals surface area contributed by atoms with Crippen LogP contribution in [0.3, 0.4) is 0 Å². The summed E-state index contributed by atoms with van der Waals surface area (Å²) < 4.78 is 5.65. The van der Waals surface area contributed by atoms with Gasteiger partial charge in [-0.1, -0.05) is 18.2 Å². The zero-order chi connectivity index (χ0) is 26.2. The number of anilines is 3. The molecule has 0 radical (unpaired) electrons. The number of likely N-dealkylation sites (N-methyl/N-ethyl adjacent to an activating group) is 1. The highest BCUT2D eigenvalue weighted by Crippen LogP contribution is 2.25. The molecule has 190 valence electrons. The van der Waals surface area contributed by atoms with E-state index in [2.05, 4.69) is 10.6 Å². The zero-order valence-corrected chi connectivity index (χ0v) is 21.4. The number of benzene rings is 3. The summed E-state index contributed by atoms with van der Waals surface area (Å²) in [5.41, 5.74) is 3.83. The van der Waals surface area contributed by atoms with Crippen molar-refractivity contribution in [2.45, 2.75) is 13.0 Å². The lowest BCUT2D eigenvalue weighted by molar-refractivity contribution is 0.0830. The van der Waals surface area contributed by atoms with Gasteiger partial charge in [-0.2, -0.15) is 0 Å². The number of aliphatic hydroxyl groups is 1. The second kappa shape index (κ2) is 12.2. The first-order chi connectivity index (χ1) is 17.1. The highest BCUT2D eigenvalue weighted by Gasteiger charge is 2.14. The van der Waals surface area contributed by atoms with Crippen molar-refractivity contribution in [1.82, 2.24) is 4.90 Å². The number of nitrogens with zero attached hydrogens (tertiary/aromatic N) is 2. The summed E-state index contributed by atoms with van der Waals surface area (Å²) in [5, 5.41) is 15.9. The maximum absolute atomic E-state index is 12.9. The number of ether oxygens (including phenoxy) is 1. The van der Waals surface area contributed by atoms with Gasteiger partial charge in [0.25, 0.3) is 11.8 Å². The molecule has 1 atom stereocenters. The topological polar surface area (TPSA) is 94.1 Å². The lowest BCUT2D eigenvalue weighted by atomic mass is 10.1. The van der Waals surface area contributed by atoms with Crippen molar-refractivity contribution in [3.05, 3.63) is 83.4 Å². The van der Waals surface area contributed by atoms with Gasteiger partial charge in [0.15, 0.2) is 0 Å². The third-order valence-corrected chi connectivity index (χ3v) is 5.57. The van der Waals surface area contributed by atoms with Crippen molar-refractivity contribution in [2.75, 3.05) is 56.9 Å². The minimum atomic E-state index is -0.636. The maximum Gasteiger partial charge on any atom is 0.255 e. The number of nitrogens with one attached hydrogen (secondary N) is 2. The Morgan fingerprint density at radius 1 is 0.861 bits per heavy atom.